The quantitative estimate of drug-likeness (QED) is 0.856. The van der Waals surface area contributed by atoms with Crippen LogP contribution in [0.1, 0.15) is 25.7 Å². The second-order valence-electron chi connectivity index (χ2n) is 3.03. The summed E-state index contributed by atoms with van der Waals surface area (Å²) < 4.78 is 0.723. The smallest absolute Gasteiger partial charge is 0.352 e. The van der Waals surface area contributed by atoms with Crippen LogP contribution in [0, 0.1) is 0 Å². The second kappa shape index (κ2) is 4.23. The lowest BCUT2D eigenvalue weighted by atomic mass is 10.2. The van der Waals surface area contributed by atoms with Gasteiger partial charge in [-0.25, -0.2) is 4.79 Å². The van der Waals surface area contributed by atoms with Crippen molar-refractivity contribution in [2.45, 2.75) is 0 Å². The van der Waals surface area contributed by atoms with E-state index in [4.69, 9.17) is 5.11 Å². The average Bonchev–Trinajstić information content (AvgIpc) is 2.84. The Bertz CT molecular complexity index is 558. The number of halogens is 1. The van der Waals surface area contributed by atoms with Gasteiger partial charge < -0.3 is 10.1 Å². The van der Waals surface area contributed by atoms with Crippen molar-refractivity contribution in [3.05, 3.63) is 44.3 Å². The number of aromatic amines is 1. The highest BCUT2D eigenvalue weighted by Gasteiger charge is 2.17. The van der Waals surface area contributed by atoms with Crippen molar-refractivity contribution in [2.75, 3.05) is 0 Å². The molecule has 0 aliphatic carbocycles. The molecular formula is C10H6BrNO3S. The van der Waals surface area contributed by atoms with E-state index in [9.17, 15) is 9.59 Å². The number of thiophene rings is 1. The van der Waals surface area contributed by atoms with E-state index in [2.05, 4.69) is 20.9 Å². The molecule has 6 heteroatoms. The van der Waals surface area contributed by atoms with Gasteiger partial charge in [-0.15, -0.1) is 11.3 Å². The predicted molar refractivity (Wildman–Crippen MR) is 63.2 cm³/mol. The summed E-state index contributed by atoms with van der Waals surface area (Å²) in [4.78, 5) is 25.7. The molecule has 2 N–H and O–H groups in total. The maximum atomic E-state index is 11.9. The van der Waals surface area contributed by atoms with Crippen LogP contribution in [0.3, 0.4) is 0 Å². The van der Waals surface area contributed by atoms with E-state index >= 15 is 0 Å². The van der Waals surface area contributed by atoms with Gasteiger partial charge in [0.05, 0.1) is 4.88 Å². The first-order valence-electron chi connectivity index (χ1n) is 4.29. The third-order valence-corrected chi connectivity index (χ3v) is 3.84. The molecule has 2 rings (SSSR count). The molecule has 16 heavy (non-hydrogen) atoms. The van der Waals surface area contributed by atoms with Crippen molar-refractivity contribution >= 4 is 39.0 Å². The molecule has 0 aromatic carbocycles. The number of hydrogen-bond donors (Lipinski definition) is 2. The number of H-pyrrole nitrogens is 1. The van der Waals surface area contributed by atoms with E-state index in [1.165, 1.54) is 23.6 Å². The number of aromatic nitrogens is 1. The number of hydrogen-bond acceptors (Lipinski definition) is 3. The molecule has 2 heterocycles. The number of rotatable bonds is 3. The number of ketones is 1. The first kappa shape index (κ1) is 11.1. The fourth-order valence-electron chi connectivity index (χ4n) is 1.24. The van der Waals surface area contributed by atoms with Crippen molar-refractivity contribution in [3.63, 3.8) is 0 Å². The summed E-state index contributed by atoms with van der Waals surface area (Å²) in [7, 11) is 0. The fourth-order valence-corrected chi connectivity index (χ4v) is 2.75. The van der Waals surface area contributed by atoms with Gasteiger partial charge in [-0.05, 0) is 33.4 Å². The molecule has 0 radical (unpaired) electrons. The molecule has 0 saturated carbocycles. The van der Waals surface area contributed by atoms with Crippen LogP contribution >= 0.6 is 27.3 Å². The second-order valence-corrected chi connectivity index (χ2v) is 4.80. The lowest BCUT2D eigenvalue weighted by molar-refractivity contribution is 0.0691. The molecule has 0 bridgehead atoms. The van der Waals surface area contributed by atoms with Crippen LogP contribution in [0.25, 0.3) is 0 Å². The minimum absolute atomic E-state index is 0.0102. The van der Waals surface area contributed by atoms with Gasteiger partial charge in [0, 0.05) is 16.2 Å². The van der Waals surface area contributed by atoms with Crippen molar-refractivity contribution in [1.29, 1.82) is 0 Å². The predicted octanol–water partition coefficient (Wildman–Crippen LogP) is 2.77. The summed E-state index contributed by atoms with van der Waals surface area (Å²) in [5.41, 5.74) is 0.358. The number of carboxylic acid groups (broad SMARTS) is 1. The number of aromatic carboxylic acids is 1. The Morgan fingerprint density at radius 3 is 2.69 bits per heavy atom. The summed E-state index contributed by atoms with van der Waals surface area (Å²) in [6, 6.07) is 3.11. The molecular weight excluding hydrogens is 294 g/mol. The van der Waals surface area contributed by atoms with E-state index in [0.29, 0.717) is 10.4 Å². The molecule has 0 aliphatic rings. The minimum atomic E-state index is -1.08. The first-order chi connectivity index (χ1) is 7.59. The van der Waals surface area contributed by atoms with Gasteiger partial charge in [0.25, 0.3) is 0 Å². The molecule has 0 atom stereocenters. The zero-order valence-corrected chi connectivity index (χ0v) is 10.3. The minimum Gasteiger partial charge on any atom is -0.477 e. The highest BCUT2D eigenvalue weighted by atomic mass is 79.9. The number of nitrogens with one attached hydrogen (secondary N) is 1. The van der Waals surface area contributed by atoms with Crippen LogP contribution in [-0.4, -0.2) is 21.8 Å². The van der Waals surface area contributed by atoms with E-state index in [-0.39, 0.29) is 11.5 Å². The topological polar surface area (TPSA) is 70.2 Å². The van der Waals surface area contributed by atoms with Gasteiger partial charge in [-0.1, -0.05) is 0 Å². The first-order valence-corrected chi connectivity index (χ1v) is 5.96. The van der Waals surface area contributed by atoms with Crippen LogP contribution < -0.4 is 0 Å². The maximum absolute atomic E-state index is 11.9. The lowest BCUT2D eigenvalue weighted by Gasteiger charge is -1.93. The standard InChI is InChI=1S/C10H6BrNO3S/c11-6-1-2-16-9(6)8(13)5-3-7(10(14)15)12-4-5/h1-4,12H,(H,14,15). The zero-order chi connectivity index (χ0) is 11.7. The van der Waals surface area contributed by atoms with Crippen LogP contribution in [0.15, 0.2) is 28.2 Å². The Hall–Kier alpha value is -1.40. The van der Waals surface area contributed by atoms with Gasteiger partial charge in [-0.2, -0.15) is 0 Å². The number of carbonyl (C=O) groups is 2. The molecule has 0 unspecified atom stereocenters. The Balaban J connectivity index is 2.35. The molecule has 0 fully saturated rings. The Labute approximate surface area is 103 Å². The van der Waals surface area contributed by atoms with E-state index in [1.54, 1.807) is 11.4 Å². The highest BCUT2D eigenvalue weighted by molar-refractivity contribution is 9.10. The number of carboxylic acids is 1. The van der Waals surface area contributed by atoms with Gasteiger partial charge in [0.1, 0.15) is 5.69 Å². The summed E-state index contributed by atoms with van der Waals surface area (Å²) >= 11 is 4.58. The van der Waals surface area contributed by atoms with Gasteiger partial charge >= 0.3 is 5.97 Å². The zero-order valence-electron chi connectivity index (χ0n) is 7.86. The van der Waals surface area contributed by atoms with Crippen LogP contribution in [0.2, 0.25) is 0 Å². The molecule has 2 aromatic heterocycles. The Morgan fingerprint density at radius 1 is 1.44 bits per heavy atom. The van der Waals surface area contributed by atoms with Gasteiger partial charge in [0.2, 0.25) is 5.78 Å². The Morgan fingerprint density at radius 2 is 2.19 bits per heavy atom. The number of carbonyl (C=O) groups excluding carboxylic acids is 1. The average molecular weight is 300 g/mol. The van der Waals surface area contributed by atoms with E-state index < -0.39 is 5.97 Å². The summed E-state index contributed by atoms with van der Waals surface area (Å²) in [6.45, 7) is 0. The third-order valence-electron chi connectivity index (χ3n) is 2.00. The summed E-state index contributed by atoms with van der Waals surface area (Å²) in [5.74, 6) is -1.27. The largest absolute Gasteiger partial charge is 0.477 e. The summed E-state index contributed by atoms with van der Waals surface area (Å²) in [5, 5.41) is 10.5. The molecule has 82 valence electrons. The monoisotopic (exact) mass is 299 g/mol. The van der Waals surface area contributed by atoms with E-state index in [0.717, 1.165) is 4.47 Å². The SMILES string of the molecule is O=C(O)c1cc(C(=O)c2sccc2Br)c[nH]1. The molecule has 0 spiro atoms. The molecule has 0 amide bonds. The van der Waals surface area contributed by atoms with Gasteiger partial charge in [-0.3, -0.25) is 4.79 Å². The van der Waals surface area contributed by atoms with Crippen LogP contribution in [0.4, 0.5) is 0 Å². The molecule has 0 saturated heterocycles. The van der Waals surface area contributed by atoms with E-state index in [1.807, 2.05) is 0 Å². The Kier molecular flexibility index (Phi) is 2.93. The van der Waals surface area contributed by atoms with Crippen LogP contribution in [-0.2, 0) is 0 Å². The fraction of sp³-hybridized carbons (Fsp3) is 0. The molecule has 2 aromatic rings. The molecule has 0 aliphatic heterocycles. The molecule has 4 nitrogen and oxygen atoms in total. The van der Waals surface area contributed by atoms with Crippen molar-refractivity contribution in [2.24, 2.45) is 0 Å². The highest BCUT2D eigenvalue weighted by Crippen LogP contribution is 2.25. The maximum Gasteiger partial charge on any atom is 0.352 e. The van der Waals surface area contributed by atoms with Crippen molar-refractivity contribution in [3.8, 4) is 0 Å². The lowest BCUT2D eigenvalue weighted by Crippen LogP contribution is -1.98. The van der Waals surface area contributed by atoms with Crippen molar-refractivity contribution in [1.82, 2.24) is 4.98 Å². The van der Waals surface area contributed by atoms with Crippen LogP contribution in [0.5, 0.6) is 0 Å². The third kappa shape index (κ3) is 1.94. The summed E-state index contributed by atoms with van der Waals surface area (Å²) in [6.07, 6.45) is 1.40. The van der Waals surface area contributed by atoms with Gasteiger partial charge in [0.15, 0.2) is 0 Å². The normalized spacial score (nSPS) is 10.3. The van der Waals surface area contributed by atoms with Crippen molar-refractivity contribution < 1.29 is 14.7 Å².